The zero-order chi connectivity index (χ0) is 14.9. The molecular weight excluding hydrogens is 283 g/mol. The molecule has 0 N–H and O–H groups in total. The number of nitrogens with zero attached hydrogens (tertiary/aromatic N) is 5. The molecule has 0 saturated carbocycles. The molecule has 0 aliphatic carbocycles. The van der Waals surface area contributed by atoms with Gasteiger partial charge in [-0.3, -0.25) is 0 Å². The highest BCUT2D eigenvalue weighted by molar-refractivity contribution is 5.42. The minimum atomic E-state index is -4.25. The SMILES string of the molecule is FC(F)(F)C1=CCN(c2nnnn2-c2ccccc2)CC1. The van der Waals surface area contributed by atoms with Crippen molar-refractivity contribution >= 4 is 5.95 Å². The van der Waals surface area contributed by atoms with Crippen molar-refractivity contribution in [3.63, 3.8) is 0 Å². The first-order valence-electron chi connectivity index (χ1n) is 6.40. The summed E-state index contributed by atoms with van der Waals surface area (Å²) in [5, 5.41) is 11.4. The van der Waals surface area contributed by atoms with Crippen LogP contribution in [0.3, 0.4) is 0 Å². The summed E-state index contributed by atoms with van der Waals surface area (Å²) >= 11 is 0. The lowest BCUT2D eigenvalue weighted by molar-refractivity contribution is -0.0944. The summed E-state index contributed by atoms with van der Waals surface area (Å²) in [4.78, 5) is 1.72. The van der Waals surface area contributed by atoms with Crippen molar-refractivity contribution < 1.29 is 13.2 Å². The maximum atomic E-state index is 12.6. The number of para-hydroxylation sites is 1. The summed E-state index contributed by atoms with van der Waals surface area (Å²) in [5.41, 5.74) is 0.278. The molecule has 0 radical (unpaired) electrons. The molecule has 0 spiro atoms. The fraction of sp³-hybridized carbons (Fsp3) is 0.308. The smallest absolute Gasteiger partial charge is 0.335 e. The Morgan fingerprint density at radius 3 is 2.48 bits per heavy atom. The van der Waals surface area contributed by atoms with Crippen molar-refractivity contribution in [1.29, 1.82) is 0 Å². The fourth-order valence-electron chi connectivity index (χ4n) is 2.22. The van der Waals surface area contributed by atoms with E-state index >= 15 is 0 Å². The number of aromatic nitrogens is 4. The minimum absolute atomic E-state index is 0.0643. The standard InChI is InChI=1S/C13H12F3N5/c14-13(15,16)10-6-8-20(9-7-10)12-17-18-19-21(12)11-4-2-1-3-5-11/h1-6H,7-9H2. The van der Waals surface area contributed by atoms with E-state index in [9.17, 15) is 13.2 Å². The topological polar surface area (TPSA) is 46.8 Å². The number of hydrogen-bond acceptors (Lipinski definition) is 4. The summed E-state index contributed by atoms with van der Waals surface area (Å²) < 4.78 is 39.4. The Kier molecular flexibility index (Phi) is 3.36. The van der Waals surface area contributed by atoms with Crippen LogP contribution in [0.1, 0.15) is 6.42 Å². The van der Waals surface area contributed by atoms with Gasteiger partial charge in [0.1, 0.15) is 0 Å². The molecule has 0 bridgehead atoms. The van der Waals surface area contributed by atoms with Crippen LogP contribution in [0.25, 0.3) is 5.69 Å². The third-order valence-corrected chi connectivity index (χ3v) is 3.31. The highest BCUT2D eigenvalue weighted by atomic mass is 19.4. The second kappa shape index (κ2) is 5.19. The fourth-order valence-corrected chi connectivity index (χ4v) is 2.22. The van der Waals surface area contributed by atoms with Crippen LogP contribution in [0.2, 0.25) is 0 Å². The lowest BCUT2D eigenvalue weighted by atomic mass is 10.1. The number of tetrazole rings is 1. The summed E-state index contributed by atoms with van der Waals surface area (Å²) in [6.45, 7) is 0.376. The highest BCUT2D eigenvalue weighted by Gasteiger charge is 2.35. The molecule has 5 nitrogen and oxygen atoms in total. The summed E-state index contributed by atoms with van der Waals surface area (Å²) in [7, 11) is 0. The largest absolute Gasteiger partial charge is 0.412 e. The van der Waals surface area contributed by atoms with Gasteiger partial charge in [-0.25, -0.2) is 0 Å². The molecule has 110 valence electrons. The molecule has 21 heavy (non-hydrogen) atoms. The average Bonchev–Trinajstić information content (AvgIpc) is 2.97. The average molecular weight is 295 g/mol. The molecule has 2 aromatic rings. The Morgan fingerprint density at radius 2 is 1.86 bits per heavy atom. The molecule has 8 heteroatoms. The first-order valence-corrected chi connectivity index (χ1v) is 6.40. The van der Waals surface area contributed by atoms with Crippen LogP contribution in [0.5, 0.6) is 0 Å². The van der Waals surface area contributed by atoms with E-state index < -0.39 is 11.7 Å². The second-order valence-corrected chi connectivity index (χ2v) is 4.65. The zero-order valence-corrected chi connectivity index (χ0v) is 11.0. The van der Waals surface area contributed by atoms with E-state index in [1.807, 2.05) is 30.3 Å². The molecule has 0 amide bonds. The number of alkyl halides is 3. The highest BCUT2D eigenvalue weighted by Crippen LogP contribution is 2.31. The van der Waals surface area contributed by atoms with Crippen LogP contribution in [-0.2, 0) is 0 Å². The molecule has 0 fully saturated rings. The van der Waals surface area contributed by atoms with Gasteiger partial charge < -0.3 is 4.90 Å². The van der Waals surface area contributed by atoms with Crippen LogP contribution < -0.4 is 4.90 Å². The van der Waals surface area contributed by atoms with Gasteiger partial charge in [-0.05, 0) is 29.0 Å². The van der Waals surface area contributed by atoms with Crippen LogP contribution in [-0.4, -0.2) is 39.5 Å². The maximum Gasteiger partial charge on any atom is 0.412 e. The lowest BCUT2D eigenvalue weighted by Gasteiger charge is -2.27. The van der Waals surface area contributed by atoms with Gasteiger partial charge in [-0.1, -0.05) is 29.4 Å². The van der Waals surface area contributed by atoms with Crippen LogP contribution in [0, 0.1) is 0 Å². The van der Waals surface area contributed by atoms with Crippen molar-refractivity contribution in [3.05, 3.63) is 42.0 Å². The van der Waals surface area contributed by atoms with Gasteiger partial charge in [-0.15, -0.1) is 0 Å². The van der Waals surface area contributed by atoms with Crippen molar-refractivity contribution in [2.75, 3.05) is 18.0 Å². The van der Waals surface area contributed by atoms with Gasteiger partial charge in [0, 0.05) is 18.7 Å². The molecule has 0 unspecified atom stereocenters. The van der Waals surface area contributed by atoms with Gasteiger partial charge in [0.15, 0.2) is 0 Å². The van der Waals surface area contributed by atoms with Gasteiger partial charge in [0.05, 0.1) is 5.69 Å². The summed E-state index contributed by atoms with van der Waals surface area (Å²) in [6.07, 6.45) is -3.13. The minimum Gasteiger partial charge on any atom is -0.335 e. The zero-order valence-electron chi connectivity index (χ0n) is 11.0. The number of rotatable bonds is 2. The number of halogens is 3. The summed E-state index contributed by atoms with van der Waals surface area (Å²) in [6, 6.07) is 9.23. The van der Waals surface area contributed by atoms with Gasteiger partial charge >= 0.3 is 6.18 Å². The number of benzene rings is 1. The molecule has 3 rings (SSSR count). The normalized spacial score (nSPS) is 16.0. The molecular formula is C13H12F3N5. The maximum absolute atomic E-state index is 12.6. The molecule has 1 aliphatic heterocycles. The van der Waals surface area contributed by atoms with Crippen LogP contribution >= 0.6 is 0 Å². The van der Waals surface area contributed by atoms with Crippen molar-refractivity contribution in [3.8, 4) is 5.69 Å². The first kappa shape index (κ1) is 13.6. The molecule has 1 aromatic heterocycles. The van der Waals surface area contributed by atoms with E-state index in [0.29, 0.717) is 5.95 Å². The van der Waals surface area contributed by atoms with E-state index in [2.05, 4.69) is 15.5 Å². The first-order chi connectivity index (χ1) is 10.1. The number of hydrogen-bond donors (Lipinski definition) is 0. The Hall–Kier alpha value is -2.38. The monoisotopic (exact) mass is 295 g/mol. The predicted molar refractivity (Wildman–Crippen MR) is 70.1 cm³/mol. The molecule has 0 saturated heterocycles. The third kappa shape index (κ3) is 2.74. The van der Waals surface area contributed by atoms with Gasteiger partial charge in [0.2, 0.25) is 0 Å². The molecule has 1 aliphatic rings. The lowest BCUT2D eigenvalue weighted by Crippen LogP contribution is -2.33. The molecule has 2 heterocycles. The predicted octanol–water partition coefficient (Wildman–Crippen LogP) is 2.36. The van der Waals surface area contributed by atoms with Crippen LogP contribution in [0.15, 0.2) is 42.0 Å². The number of anilines is 1. The van der Waals surface area contributed by atoms with Gasteiger partial charge in [-0.2, -0.15) is 17.9 Å². The Bertz CT molecular complexity index is 647. The third-order valence-electron chi connectivity index (χ3n) is 3.31. The van der Waals surface area contributed by atoms with E-state index in [-0.39, 0.29) is 19.5 Å². The van der Waals surface area contributed by atoms with Crippen molar-refractivity contribution in [1.82, 2.24) is 20.2 Å². The Balaban J connectivity index is 1.85. The van der Waals surface area contributed by atoms with E-state index in [1.54, 1.807) is 4.90 Å². The molecule has 1 aromatic carbocycles. The van der Waals surface area contributed by atoms with Crippen molar-refractivity contribution in [2.24, 2.45) is 0 Å². The Labute approximate surface area is 118 Å². The van der Waals surface area contributed by atoms with E-state index in [0.717, 1.165) is 5.69 Å². The van der Waals surface area contributed by atoms with E-state index in [1.165, 1.54) is 10.8 Å². The van der Waals surface area contributed by atoms with Crippen LogP contribution in [0.4, 0.5) is 19.1 Å². The van der Waals surface area contributed by atoms with E-state index in [4.69, 9.17) is 0 Å². The quantitative estimate of drug-likeness (QED) is 0.798. The Morgan fingerprint density at radius 1 is 1.10 bits per heavy atom. The summed E-state index contributed by atoms with van der Waals surface area (Å²) in [5.74, 6) is 0.443. The van der Waals surface area contributed by atoms with Gasteiger partial charge in [0.25, 0.3) is 5.95 Å². The second-order valence-electron chi connectivity index (χ2n) is 4.65. The molecule has 0 atom stereocenters. The van der Waals surface area contributed by atoms with Crippen molar-refractivity contribution in [2.45, 2.75) is 12.6 Å².